The summed E-state index contributed by atoms with van der Waals surface area (Å²) in [6.07, 6.45) is 5.90. The molecule has 0 radical (unpaired) electrons. The highest BCUT2D eigenvalue weighted by Gasteiger charge is 2.50. The third-order valence-electron chi connectivity index (χ3n) is 4.71. The number of carboxylic acids is 1. The zero-order valence-electron chi connectivity index (χ0n) is 12.4. The number of nitrogens with zero attached hydrogens (tertiary/aromatic N) is 1. The molecule has 2 rings (SSSR count). The Kier molecular flexibility index (Phi) is 4.51. The molecule has 4 heteroatoms. The molecule has 0 aliphatic carbocycles. The van der Waals surface area contributed by atoms with Crippen molar-refractivity contribution in [3.63, 3.8) is 0 Å². The van der Waals surface area contributed by atoms with Gasteiger partial charge in [0.15, 0.2) is 0 Å². The lowest BCUT2D eigenvalue weighted by Crippen LogP contribution is -2.57. The highest BCUT2D eigenvalue weighted by molar-refractivity contribution is 5.79. The van der Waals surface area contributed by atoms with E-state index >= 15 is 0 Å². The molecule has 2 heterocycles. The van der Waals surface area contributed by atoms with Crippen molar-refractivity contribution in [2.45, 2.75) is 83.1 Å². The van der Waals surface area contributed by atoms with Gasteiger partial charge < -0.3 is 9.84 Å². The Hall–Kier alpha value is -0.610. The fourth-order valence-electron chi connectivity index (χ4n) is 4.08. The smallest absolute Gasteiger partial charge is 0.324 e. The minimum absolute atomic E-state index is 0.238. The number of hydrogen-bond acceptors (Lipinski definition) is 3. The van der Waals surface area contributed by atoms with Crippen molar-refractivity contribution in [3.8, 4) is 0 Å². The van der Waals surface area contributed by atoms with E-state index in [0.717, 1.165) is 45.1 Å². The monoisotopic (exact) mass is 269 g/mol. The van der Waals surface area contributed by atoms with Crippen molar-refractivity contribution in [2.75, 3.05) is 6.54 Å². The second kappa shape index (κ2) is 5.80. The van der Waals surface area contributed by atoms with Crippen LogP contribution in [0.25, 0.3) is 0 Å². The van der Waals surface area contributed by atoms with Gasteiger partial charge in [0, 0.05) is 6.04 Å². The van der Waals surface area contributed by atoms with Crippen LogP contribution >= 0.6 is 0 Å². The van der Waals surface area contributed by atoms with Crippen LogP contribution in [0.2, 0.25) is 0 Å². The molecular weight excluding hydrogens is 242 g/mol. The van der Waals surface area contributed by atoms with E-state index in [1.54, 1.807) is 0 Å². The highest BCUT2D eigenvalue weighted by Crippen LogP contribution is 2.39. The first kappa shape index (κ1) is 14.8. The zero-order chi connectivity index (χ0) is 14.0. The molecular formula is C15H27NO3. The van der Waals surface area contributed by atoms with E-state index in [4.69, 9.17) is 4.74 Å². The van der Waals surface area contributed by atoms with Crippen LogP contribution in [0.4, 0.5) is 0 Å². The van der Waals surface area contributed by atoms with E-state index in [1.165, 1.54) is 0 Å². The summed E-state index contributed by atoms with van der Waals surface area (Å²) in [7, 11) is 0. The van der Waals surface area contributed by atoms with Gasteiger partial charge in [0.2, 0.25) is 0 Å². The lowest BCUT2D eigenvalue weighted by Gasteiger charge is -2.44. The van der Waals surface area contributed by atoms with Gasteiger partial charge in [-0.1, -0.05) is 13.3 Å². The van der Waals surface area contributed by atoms with Gasteiger partial charge in [0.25, 0.3) is 0 Å². The van der Waals surface area contributed by atoms with E-state index < -0.39 is 11.5 Å². The molecule has 2 saturated heterocycles. The molecule has 4 nitrogen and oxygen atoms in total. The van der Waals surface area contributed by atoms with Crippen LogP contribution in [0.1, 0.15) is 59.3 Å². The fourth-order valence-corrected chi connectivity index (χ4v) is 4.08. The zero-order valence-corrected chi connectivity index (χ0v) is 12.4. The Morgan fingerprint density at radius 1 is 1.37 bits per heavy atom. The Labute approximate surface area is 116 Å². The summed E-state index contributed by atoms with van der Waals surface area (Å²) in [5.74, 6) is -0.626. The molecule has 2 fully saturated rings. The molecule has 0 saturated carbocycles. The maximum Gasteiger partial charge on any atom is 0.324 e. The number of aliphatic carboxylic acids is 1. The molecule has 0 aromatic carbocycles. The Bertz CT molecular complexity index is 323. The standard InChI is InChI=1S/C15H27NO3/c1-4-6-15(14(17)18)7-5-8-16(15)13-9-11(2)19-12(3)10-13/h11-13H,4-10H2,1-3H3,(H,17,18). The van der Waals surface area contributed by atoms with Crippen LogP contribution in [0.15, 0.2) is 0 Å². The molecule has 3 atom stereocenters. The summed E-state index contributed by atoms with van der Waals surface area (Å²) < 4.78 is 5.79. The van der Waals surface area contributed by atoms with Crippen molar-refractivity contribution in [2.24, 2.45) is 0 Å². The number of hydrogen-bond donors (Lipinski definition) is 1. The third-order valence-corrected chi connectivity index (χ3v) is 4.71. The van der Waals surface area contributed by atoms with Gasteiger partial charge >= 0.3 is 5.97 Å². The van der Waals surface area contributed by atoms with E-state index in [1.807, 2.05) is 0 Å². The van der Waals surface area contributed by atoms with E-state index in [9.17, 15) is 9.90 Å². The summed E-state index contributed by atoms with van der Waals surface area (Å²) in [6.45, 7) is 7.20. The topological polar surface area (TPSA) is 49.8 Å². The maximum absolute atomic E-state index is 11.9. The number of carbonyl (C=O) groups is 1. The van der Waals surface area contributed by atoms with Gasteiger partial charge in [-0.05, 0) is 52.5 Å². The average Bonchev–Trinajstić information content (AvgIpc) is 2.73. The average molecular weight is 269 g/mol. The molecule has 0 aromatic rings. The lowest BCUT2D eigenvalue weighted by molar-refractivity contribution is -0.155. The summed E-state index contributed by atoms with van der Waals surface area (Å²) in [4.78, 5) is 14.1. The number of carboxylic acid groups (broad SMARTS) is 1. The van der Waals surface area contributed by atoms with Gasteiger partial charge in [0.05, 0.1) is 12.2 Å². The van der Waals surface area contributed by atoms with Crippen LogP contribution in [0.5, 0.6) is 0 Å². The summed E-state index contributed by atoms with van der Waals surface area (Å²) in [6, 6.07) is 0.365. The molecule has 3 unspecified atom stereocenters. The van der Waals surface area contributed by atoms with Crippen molar-refractivity contribution in [1.82, 2.24) is 4.90 Å². The van der Waals surface area contributed by atoms with Crippen LogP contribution in [-0.2, 0) is 9.53 Å². The Morgan fingerprint density at radius 3 is 2.53 bits per heavy atom. The molecule has 0 aromatic heterocycles. The highest BCUT2D eigenvalue weighted by atomic mass is 16.5. The quantitative estimate of drug-likeness (QED) is 0.852. The molecule has 0 spiro atoms. The third kappa shape index (κ3) is 2.79. The van der Waals surface area contributed by atoms with Crippen molar-refractivity contribution < 1.29 is 14.6 Å². The Morgan fingerprint density at radius 2 is 2.00 bits per heavy atom. The number of likely N-dealkylation sites (tertiary alicyclic amines) is 1. The van der Waals surface area contributed by atoms with Crippen LogP contribution in [0.3, 0.4) is 0 Å². The first-order chi connectivity index (χ1) is 8.99. The van der Waals surface area contributed by atoms with Crippen LogP contribution in [0, 0.1) is 0 Å². The van der Waals surface area contributed by atoms with Gasteiger partial charge in [-0.2, -0.15) is 0 Å². The molecule has 2 aliphatic heterocycles. The van der Waals surface area contributed by atoms with Crippen molar-refractivity contribution >= 4 is 5.97 Å². The van der Waals surface area contributed by atoms with Crippen molar-refractivity contribution in [1.29, 1.82) is 0 Å². The van der Waals surface area contributed by atoms with Gasteiger partial charge in [-0.25, -0.2) is 0 Å². The molecule has 110 valence electrons. The van der Waals surface area contributed by atoms with Crippen LogP contribution < -0.4 is 0 Å². The first-order valence-electron chi connectivity index (χ1n) is 7.65. The summed E-state index contributed by atoms with van der Waals surface area (Å²) in [5.41, 5.74) is -0.615. The number of ether oxygens (including phenoxy) is 1. The van der Waals surface area contributed by atoms with Gasteiger partial charge in [-0.3, -0.25) is 9.69 Å². The van der Waals surface area contributed by atoms with E-state index in [2.05, 4.69) is 25.7 Å². The first-order valence-corrected chi connectivity index (χ1v) is 7.65. The molecule has 1 N–H and O–H groups in total. The predicted molar refractivity (Wildman–Crippen MR) is 74.2 cm³/mol. The lowest BCUT2D eigenvalue weighted by atomic mass is 9.87. The predicted octanol–water partition coefficient (Wildman–Crippen LogP) is 2.66. The van der Waals surface area contributed by atoms with Crippen LogP contribution in [-0.4, -0.2) is 46.3 Å². The largest absolute Gasteiger partial charge is 0.480 e. The molecule has 0 bridgehead atoms. The Balaban J connectivity index is 2.19. The minimum atomic E-state index is -0.626. The second-order valence-electron chi connectivity index (χ2n) is 6.27. The molecule has 19 heavy (non-hydrogen) atoms. The van der Waals surface area contributed by atoms with E-state index in [0.29, 0.717) is 6.04 Å². The van der Waals surface area contributed by atoms with Gasteiger partial charge in [0.1, 0.15) is 5.54 Å². The maximum atomic E-state index is 11.9. The summed E-state index contributed by atoms with van der Waals surface area (Å²) >= 11 is 0. The van der Waals surface area contributed by atoms with Crippen molar-refractivity contribution in [3.05, 3.63) is 0 Å². The fraction of sp³-hybridized carbons (Fsp3) is 0.933. The summed E-state index contributed by atoms with van der Waals surface area (Å²) in [5, 5.41) is 9.75. The van der Waals surface area contributed by atoms with E-state index in [-0.39, 0.29) is 12.2 Å². The van der Waals surface area contributed by atoms with Gasteiger partial charge in [-0.15, -0.1) is 0 Å². The number of rotatable bonds is 4. The second-order valence-corrected chi connectivity index (χ2v) is 6.27. The molecule has 2 aliphatic rings. The SMILES string of the molecule is CCCC1(C(=O)O)CCCN1C1CC(C)OC(C)C1. The molecule has 0 amide bonds. The minimum Gasteiger partial charge on any atom is -0.480 e. The normalized spacial score (nSPS) is 40.5.